The van der Waals surface area contributed by atoms with Gasteiger partial charge in [0.1, 0.15) is 5.71 Å². The molecule has 1 aromatic rings. The summed E-state index contributed by atoms with van der Waals surface area (Å²) in [5.74, 6) is 0.291. The summed E-state index contributed by atoms with van der Waals surface area (Å²) in [7, 11) is 0. The molecule has 0 saturated heterocycles. The van der Waals surface area contributed by atoms with Crippen LogP contribution in [0.3, 0.4) is 0 Å². The summed E-state index contributed by atoms with van der Waals surface area (Å²) in [5.41, 5.74) is 4.97. The second-order valence-electron chi connectivity index (χ2n) is 4.61. The van der Waals surface area contributed by atoms with E-state index in [1.165, 1.54) is 0 Å². The van der Waals surface area contributed by atoms with Crippen molar-refractivity contribution in [2.45, 2.75) is 26.7 Å². The normalized spacial score (nSPS) is 18.7. The Kier molecular flexibility index (Phi) is 3.92. The van der Waals surface area contributed by atoms with Crippen LogP contribution in [-0.4, -0.2) is 11.6 Å². The standard InChI is InChI=1S/C15H18N2O/c1-3-7-11(2)10-13-14(16-17-15(13)18)12-8-5-4-6-9-12/h4-6,8-11H,3,7H2,1-2H3,(H,17,18). The van der Waals surface area contributed by atoms with Crippen molar-refractivity contribution in [1.82, 2.24) is 5.43 Å². The van der Waals surface area contributed by atoms with Crippen molar-refractivity contribution < 1.29 is 4.79 Å². The average Bonchev–Trinajstić information content (AvgIpc) is 2.73. The van der Waals surface area contributed by atoms with Crippen LogP contribution in [0, 0.1) is 5.92 Å². The van der Waals surface area contributed by atoms with Gasteiger partial charge < -0.3 is 0 Å². The first-order chi connectivity index (χ1) is 8.72. The summed E-state index contributed by atoms with van der Waals surface area (Å²) in [5, 5.41) is 4.13. The third-order valence-electron chi connectivity index (χ3n) is 3.01. The highest BCUT2D eigenvalue weighted by molar-refractivity contribution is 6.30. The maximum atomic E-state index is 11.8. The molecule has 0 spiro atoms. The monoisotopic (exact) mass is 242 g/mol. The van der Waals surface area contributed by atoms with Crippen LogP contribution in [0.25, 0.3) is 0 Å². The zero-order valence-electron chi connectivity index (χ0n) is 10.8. The molecule has 0 bridgehead atoms. The number of allylic oxidation sites excluding steroid dienone is 1. The molecule has 0 saturated carbocycles. The zero-order chi connectivity index (χ0) is 13.0. The predicted octanol–water partition coefficient (Wildman–Crippen LogP) is 2.88. The Morgan fingerprint density at radius 1 is 1.33 bits per heavy atom. The van der Waals surface area contributed by atoms with Gasteiger partial charge in [0.2, 0.25) is 0 Å². The summed E-state index contributed by atoms with van der Waals surface area (Å²) in [6, 6.07) is 9.80. The quantitative estimate of drug-likeness (QED) is 0.810. The van der Waals surface area contributed by atoms with E-state index in [0.717, 1.165) is 24.1 Å². The molecule has 94 valence electrons. The van der Waals surface area contributed by atoms with Crippen molar-refractivity contribution in [3.8, 4) is 0 Å². The first kappa shape index (κ1) is 12.6. The third kappa shape index (κ3) is 2.67. The van der Waals surface area contributed by atoms with Gasteiger partial charge in [-0.3, -0.25) is 4.79 Å². The molecular formula is C15H18N2O. The molecule has 0 aliphatic carbocycles. The lowest BCUT2D eigenvalue weighted by atomic mass is 9.97. The van der Waals surface area contributed by atoms with Gasteiger partial charge >= 0.3 is 0 Å². The van der Waals surface area contributed by atoms with Crippen LogP contribution in [0.4, 0.5) is 0 Å². The second kappa shape index (κ2) is 5.63. The van der Waals surface area contributed by atoms with Crippen molar-refractivity contribution in [2.75, 3.05) is 0 Å². The van der Waals surface area contributed by atoms with E-state index in [0.29, 0.717) is 11.5 Å². The zero-order valence-corrected chi connectivity index (χ0v) is 10.8. The lowest BCUT2D eigenvalue weighted by Gasteiger charge is -2.06. The molecule has 0 radical (unpaired) electrons. The largest absolute Gasteiger partial charge is 0.273 e. The molecule has 1 N–H and O–H groups in total. The Hall–Kier alpha value is -1.90. The molecule has 1 amide bonds. The van der Waals surface area contributed by atoms with Gasteiger partial charge in [0, 0.05) is 5.56 Å². The topological polar surface area (TPSA) is 41.5 Å². The average molecular weight is 242 g/mol. The summed E-state index contributed by atoms with van der Waals surface area (Å²) < 4.78 is 0. The Balaban J connectivity index is 2.28. The number of nitrogens with zero attached hydrogens (tertiary/aromatic N) is 1. The fourth-order valence-electron chi connectivity index (χ4n) is 2.13. The van der Waals surface area contributed by atoms with Crippen molar-refractivity contribution in [3.05, 3.63) is 47.5 Å². The van der Waals surface area contributed by atoms with E-state index in [1.807, 2.05) is 36.4 Å². The minimum absolute atomic E-state index is 0.100. The summed E-state index contributed by atoms with van der Waals surface area (Å²) in [6.45, 7) is 4.28. The maximum Gasteiger partial charge on any atom is 0.273 e. The number of carbonyl (C=O) groups excluding carboxylic acids is 1. The van der Waals surface area contributed by atoms with Crippen molar-refractivity contribution >= 4 is 11.6 Å². The molecule has 1 aromatic carbocycles. The van der Waals surface area contributed by atoms with E-state index in [9.17, 15) is 4.79 Å². The smallest absolute Gasteiger partial charge is 0.267 e. The van der Waals surface area contributed by atoms with Gasteiger partial charge in [0.05, 0.1) is 5.57 Å². The molecule has 1 aliphatic rings. The summed E-state index contributed by atoms with van der Waals surface area (Å²) >= 11 is 0. The Bertz CT molecular complexity index is 488. The van der Waals surface area contributed by atoms with Crippen LogP contribution >= 0.6 is 0 Å². The lowest BCUT2D eigenvalue weighted by molar-refractivity contribution is -0.116. The summed E-state index contributed by atoms with van der Waals surface area (Å²) in [6.07, 6.45) is 4.22. The Morgan fingerprint density at radius 2 is 2.06 bits per heavy atom. The molecule has 1 atom stereocenters. The molecule has 1 heterocycles. The molecule has 18 heavy (non-hydrogen) atoms. The first-order valence-corrected chi connectivity index (χ1v) is 6.38. The van der Waals surface area contributed by atoms with Gasteiger partial charge in [-0.1, -0.05) is 56.7 Å². The lowest BCUT2D eigenvalue weighted by Crippen LogP contribution is -2.14. The fourth-order valence-corrected chi connectivity index (χ4v) is 2.13. The van der Waals surface area contributed by atoms with Gasteiger partial charge in [0.25, 0.3) is 5.91 Å². The van der Waals surface area contributed by atoms with Crippen LogP contribution in [0.2, 0.25) is 0 Å². The van der Waals surface area contributed by atoms with E-state index in [2.05, 4.69) is 24.4 Å². The molecule has 3 nitrogen and oxygen atoms in total. The first-order valence-electron chi connectivity index (χ1n) is 6.38. The van der Waals surface area contributed by atoms with Crippen molar-refractivity contribution in [1.29, 1.82) is 0 Å². The molecule has 1 unspecified atom stereocenters. The minimum atomic E-state index is -0.100. The molecule has 3 heteroatoms. The third-order valence-corrected chi connectivity index (χ3v) is 3.01. The van der Waals surface area contributed by atoms with E-state index in [1.54, 1.807) is 0 Å². The highest BCUT2D eigenvalue weighted by Gasteiger charge is 2.24. The maximum absolute atomic E-state index is 11.8. The molecule has 0 fully saturated rings. The molecule has 1 aliphatic heterocycles. The summed E-state index contributed by atoms with van der Waals surface area (Å²) in [4.78, 5) is 11.8. The predicted molar refractivity (Wildman–Crippen MR) is 73.3 cm³/mol. The van der Waals surface area contributed by atoms with Gasteiger partial charge in [0.15, 0.2) is 0 Å². The number of hydrogen-bond donors (Lipinski definition) is 1. The van der Waals surface area contributed by atoms with Crippen LogP contribution in [0.15, 0.2) is 47.1 Å². The molecule has 0 aromatic heterocycles. The number of benzene rings is 1. The van der Waals surface area contributed by atoms with Crippen LogP contribution in [-0.2, 0) is 4.79 Å². The Morgan fingerprint density at radius 3 is 2.72 bits per heavy atom. The number of rotatable bonds is 4. The van der Waals surface area contributed by atoms with E-state index in [-0.39, 0.29) is 5.91 Å². The van der Waals surface area contributed by atoms with Gasteiger partial charge in [-0.15, -0.1) is 0 Å². The Labute approximate surface area is 108 Å². The van der Waals surface area contributed by atoms with E-state index < -0.39 is 0 Å². The minimum Gasteiger partial charge on any atom is -0.267 e. The SMILES string of the molecule is CCCC(C)C=C1C(=O)NN=C1c1ccccc1. The molecule has 2 rings (SSSR count). The number of carbonyl (C=O) groups is 1. The van der Waals surface area contributed by atoms with Crippen LogP contribution in [0.5, 0.6) is 0 Å². The number of nitrogens with one attached hydrogen (secondary N) is 1. The number of hydrogen-bond acceptors (Lipinski definition) is 2. The second-order valence-corrected chi connectivity index (χ2v) is 4.61. The molecular weight excluding hydrogens is 224 g/mol. The van der Waals surface area contributed by atoms with Gasteiger partial charge in [-0.05, 0) is 12.3 Å². The van der Waals surface area contributed by atoms with E-state index in [4.69, 9.17) is 0 Å². The number of amides is 1. The van der Waals surface area contributed by atoms with Gasteiger partial charge in [-0.25, -0.2) is 5.43 Å². The number of hydrazone groups is 1. The van der Waals surface area contributed by atoms with Crippen LogP contribution in [0.1, 0.15) is 32.3 Å². The van der Waals surface area contributed by atoms with Crippen molar-refractivity contribution in [3.63, 3.8) is 0 Å². The van der Waals surface area contributed by atoms with Crippen LogP contribution < -0.4 is 5.43 Å². The van der Waals surface area contributed by atoms with Gasteiger partial charge in [-0.2, -0.15) is 5.10 Å². The fraction of sp³-hybridized carbons (Fsp3) is 0.333. The van der Waals surface area contributed by atoms with E-state index >= 15 is 0 Å². The highest BCUT2D eigenvalue weighted by atomic mass is 16.2. The van der Waals surface area contributed by atoms with Crippen molar-refractivity contribution in [2.24, 2.45) is 11.0 Å². The highest BCUT2D eigenvalue weighted by Crippen LogP contribution is 2.18.